The maximum absolute atomic E-state index is 12.7. The minimum Gasteiger partial charge on any atom is -0.493 e. The molecule has 0 atom stereocenters. The molecule has 1 aromatic carbocycles. The molecule has 1 amide bonds. The SMILES string of the molecule is CCCOc1ccc(Br)cc1/C=C1/SC(=S)N(CCCCCC(=O)O)C1=O. The summed E-state index contributed by atoms with van der Waals surface area (Å²) >= 11 is 10.1. The summed E-state index contributed by atoms with van der Waals surface area (Å²) in [5.41, 5.74) is 0.833. The van der Waals surface area contributed by atoms with Crippen LogP contribution in [0.15, 0.2) is 27.6 Å². The van der Waals surface area contributed by atoms with Crippen molar-refractivity contribution in [3.05, 3.63) is 33.1 Å². The van der Waals surface area contributed by atoms with Gasteiger partial charge in [-0.15, -0.1) is 0 Å². The van der Waals surface area contributed by atoms with E-state index in [1.807, 2.05) is 31.2 Å². The van der Waals surface area contributed by atoms with E-state index in [0.717, 1.165) is 35.0 Å². The minimum absolute atomic E-state index is 0.107. The molecule has 1 heterocycles. The smallest absolute Gasteiger partial charge is 0.303 e. The van der Waals surface area contributed by atoms with E-state index < -0.39 is 5.97 Å². The van der Waals surface area contributed by atoms with Gasteiger partial charge >= 0.3 is 5.97 Å². The molecule has 0 radical (unpaired) electrons. The summed E-state index contributed by atoms with van der Waals surface area (Å²) in [4.78, 5) is 25.4. The first-order valence-electron chi connectivity index (χ1n) is 8.82. The largest absolute Gasteiger partial charge is 0.493 e. The third-order valence-electron chi connectivity index (χ3n) is 3.87. The van der Waals surface area contributed by atoms with Gasteiger partial charge in [0.15, 0.2) is 0 Å². The number of hydrogen-bond acceptors (Lipinski definition) is 5. The number of rotatable bonds is 10. The van der Waals surface area contributed by atoms with Crippen LogP contribution in [-0.2, 0) is 9.59 Å². The zero-order valence-electron chi connectivity index (χ0n) is 15.1. The Morgan fingerprint density at radius 3 is 2.85 bits per heavy atom. The van der Waals surface area contributed by atoms with Crippen molar-refractivity contribution in [2.45, 2.75) is 39.0 Å². The van der Waals surface area contributed by atoms with Gasteiger partial charge in [0.1, 0.15) is 10.1 Å². The van der Waals surface area contributed by atoms with Crippen LogP contribution in [0.4, 0.5) is 0 Å². The molecule has 0 aliphatic carbocycles. The van der Waals surface area contributed by atoms with E-state index in [1.165, 1.54) is 11.8 Å². The number of ether oxygens (including phenoxy) is 1. The van der Waals surface area contributed by atoms with E-state index >= 15 is 0 Å². The number of halogens is 1. The van der Waals surface area contributed by atoms with E-state index in [4.69, 9.17) is 22.1 Å². The molecule has 1 saturated heterocycles. The Morgan fingerprint density at radius 1 is 1.37 bits per heavy atom. The van der Waals surface area contributed by atoms with Gasteiger partial charge in [0, 0.05) is 23.0 Å². The number of nitrogens with zero attached hydrogens (tertiary/aromatic N) is 1. The number of thiocarbonyl (C=S) groups is 1. The second-order valence-electron chi connectivity index (χ2n) is 6.07. The van der Waals surface area contributed by atoms with Gasteiger partial charge in [-0.05, 0) is 43.5 Å². The number of amides is 1. The van der Waals surface area contributed by atoms with Gasteiger partial charge in [0.05, 0.1) is 11.5 Å². The summed E-state index contributed by atoms with van der Waals surface area (Å²) in [6.07, 6.45) is 4.97. The molecule has 1 N–H and O–H groups in total. The van der Waals surface area contributed by atoms with Crippen molar-refractivity contribution >= 4 is 62.2 Å². The van der Waals surface area contributed by atoms with Crippen molar-refractivity contribution in [3.8, 4) is 5.75 Å². The average molecular weight is 472 g/mol. The highest BCUT2D eigenvalue weighted by Gasteiger charge is 2.31. The third kappa shape index (κ3) is 6.62. The summed E-state index contributed by atoms with van der Waals surface area (Å²) in [6.45, 7) is 3.17. The van der Waals surface area contributed by atoms with Crippen molar-refractivity contribution in [1.29, 1.82) is 0 Å². The Bertz CT molecular complexity index is 751. The van der Waals surface area contributed by atoms with Gasteiger partial charge in [-0.25, -0.2) is 0 Å². The van der Waals surface area contributed by atoms with Gasteiger partial charge in [0.2, 0.25) is 0 Å². The minimum atomic E-state index is -0.793. The van der Waals surface area contributed by atoms with Crippen molar-refractivity contribution in [2.24, 2.45) is 0 Å². The van der Waals surface area contributed by atoms with Crippen LogP contribution >= 0.6 is 39.9 Å². The van der Waals surface area contributed by atoms with Crippen molar-refractivity contribution < 1.29 is 19.4 Å². The zero-order chi connectivity index (χ0) is 19.8. The van der Waals surface area contributed by atoms with Gasteiger partial charge in [0.25, 0.3) is 5.91 Å². The summed E-state index contributed by atoms with van der Waals surface area (Å²) in [7, 11) is 0. The summed E-state index contributed by atoms with van der Waals surface area (Å²) in [6, 6.07) is 5.71. The lowest BCUT2D eigenvalue weighted by atomic mass is 10.1. The van der Waals surface area contributed by atoms with E-state index in [2.05, 4.69) is 15.9 Å². The number of thioether (sulfide) groups is 1. The summed E-state index contributed by atoms with van der Waals surface area (Å²) in [5, 5.41) is 8.67. The van der Waals surface area contributed by atoms with Gasteiger partial charge < -0.3 is 9.84 Å². The van der Waals surface area contributed by atoms with Crippen molar-refractivity contribution in [1.82, 2.24) is 4.90 Å². The van der Waals surface area contributed by atoms with E-state index in [0.29, 0.717) is 28.8 Å². The first-order chi connectivity index (χ1) is 12.9. The number of benzene rings is 1. The molecule has 0 bridgehead atoms. The molecule has 2 rings (SSSR count). The Hall–Kier alpha value is -1.38. The molecule has 1 aliphatic rings. The predicted molar refractivity (Wildman–Crippen MR) is 116 cm³/mol. The molecular formula is C19H22BrNO4S2. The van der Waals surface area contributed by atoms with Crippen LogP contribution in [0.2, 0.25) is 0 Å². The van der Waals surface area contributed by atoms with Crippen LogP contribution in [0.1, 0.15) is 44.6 Å². The fraction of sp³-hybridized carbons (Fsp3) is 0.421. The van der Waals surface area contributed by atoms with Crippen LogP contribution < -0.4 is 4.74 Å². The number of aliphatic carboxylic acids is 1. The molecule has 146 valence electrons. The Kier molecular flexibility index (Phi) is 8.79. The van der Waals surface area contributed by atoms with Gasteiger partial charge in [-0.1, -0.05) is 53.3 Å². The second kappa shape index (κ2) is 10.8. The predicted octanol–water partition coefficient (Wildman–Crippen LogP) is 5.08. The molecule has 1 aliphatic heterocycles. The first kappa shape index (κ1) is 21.9. The van der Waals surface area contributed by atoms with Crippen LogP contribution in [0, 0.1) is 0 Å². The Balaban J connectivity index is 2.05. The highest BCUT2D eigenvalue weighted by Crippen LogP contribution is 2.35. The summed E-state index contributed by atoms with van der Waals surface area (Å²) in [5.74, 6) is -0.165. The Morgan fingerprint density at radius 2 is 2.15 bits per heavy atom. The molecular weight excluding hydrogens is 450 g/mol. The highest BCUT2D eigenvalue weighted by atomic mass is 79.9. The lowest BCUT2D eigenvalue weighted by Gasteiger charge is -2.14. The number of carbonyl (C=O) groups is 2. The molecule has 5 nitrogen and oxygen atoms in total. The molecule has 1 fully saturated rings. The second-order valence-corrected chi connectivity index (χ2v) is 8.66. The van der Waals surface area contributed by atoms with Gasteiger partial charge in [-0.2, -0.15) is 0 Å². The Labute approximate surface area is 177 Å². The van der Waals surface area contributed by atoms with Crippen molar-refractivity contribution in [2.75, 3.05) is 13.2 Å². The number of hydrogen-bond donors (Lipinski definition) is 1. The van der Waals surface area contributed by atoms with E-state index in [-0.39, 0.29) is 12.3 Å². The van der Waals surface area contributed by atoms with Crippen LogP contribution in [0.5, 0.6) is 5.75 Å². The molecule has 0 saturated carbocycles. The maximum atomic E-state index is 12.7. The van der Waals surface area contributed by atoms with Crippen LogP contribution in [0.25, 0.3) is 6.08 Å². The molecule has 8 heteroatoms. The van der Waals surface area contributed by atoms with Crippen LogP contribution in [0.3, 0.4) is 0 Å². The number of carboxylic acids is 1. The highest BCUT2D eigenvalue weighted by molar-refractivity contribution is 9.10. The average Bonchev–Trinajstić information content (AvgIpc) is 2.87. The maximum Gasteiger partial charge on any atom is 0.303 e. The zero-order valence-corrected chi connectivity index (χ0v) is 18.3. The molecule has 1 aromatic rings. The summed E-state index contributed by atoms with van der Waals surface area (Å²) < 4.78 is 7.22. The third-order valence-corrected chi connectivity index (χ3v) is 5.74. The number of unbranched alkanes of at least 4 members (excludes halogenated alkanes) is 2. The number of carboxylic acid groups (broad SMARTS) is 1. The molecule has 27 heavy (non-hydrogen) atoms. The van der Waals surface area contributed by atoms with Crippen molar-refractivity contribution in [3.63, 3.8) is 0 Å². The fourth-order valence-corrected chi connectivity index (χ4v) is 4.21. The monoisotopic (exact) mass is 471 g/mol. The molecule has 0 aromatic heterocycles. The lowest BCUT2D eigenvalue weighted by molar-refractivity contribution is -0.137. The van der Waals surface area contributed by atoms with Gasteiger partial charge in [-0.3, -0.25) is 14.5 Å². The van der Waals surface area contributed by atoms with Crippen LogP contribution in [-0.4, -0.2) is 39.4 Å². The fourth-order valence-electron chi connectivity index (χ4n) is 2.53. The lowest BCUT2D eigenvalue weighted by Crippen LogP contribution is -2.29. The van der Waals surface area contributed by atoms with E-state index in [9.17, 15) is 9.59 Å². The normalized spacial score (nSPS) is 15.6. The number of carbonyl (C=O) groups excluding carboxylic acids is 1. The quantitative estimate of drug-likeness (QED) is 0.291. The van der Waals surface area contributed by atoms with E-state index in [1.54, 1.807) is 4.90 Å². The molecule has 0 unspecified atom stereocenters. The first-order valence-corrected chi connectivity index (χ1v) is 10.8. The topological polar surface area (TPSA) is 66.8 Å². The standard InChI is InChI=1S/C19H22BrNO4S2/c1-2-10-25-15-8-7-14(20)11-13(15)12-16-18(24)21(19(26)27-16)9-5-3-4-6-17(22)23/h7-8,11-12H,2-6,9-10H2,1H3,(H,22,23)/b16-12+. The molecule has 0 spiro atoms.